The SMILES string of the molecule is CCC12CCCNC1CC(O)CC2. The summed E-state index contributed by atoms with van der Waals surface area (Å²) in [6.45, 7) is 3.46. The first-order valence-electron chi connectivity index (χ1n) is 5.68. The molecule has 0 bridgehead atoms. The van der Waals surface area contributed by atoms with Gasteiger partial charge in [-0.05, 0) is 50.5 Å². The highest BCUT2D eigenvalue weighted by Crippen LogP contribution is 2.44. The van der Waals surface area contributed by atoms with E-state index in [-0.39, 0.29) is 6.10 Å². The molecule has 3 atom stereocenters. The minimum absolute atomic E-state index is 0.0460. The third-order valence-corrected chi connectivity index (χ3v) is 4.17. The van der Waals surface area contributed by atoms with Crippen LogP contribution in [0.3, 0.4) is 0 Å². The van der Waals surface area contributed by atoms with E-state index in [1.165, 1.54) is 25.7 Å². The first-order valence-corrected chi connectivity index (χ1v) is 5.68. The number of nitrogens with one attached hydrogen (secondary N) is 1. The van der Waals surface area contributed by atoms with Gasteiger partial charge in [0.1, 0.15) is 0 Å². The van der Waals surface area contributed by atoms with Crippen LogP contribution in [0.5, 0.6) is 0 Å². The third kappa shape index (κ3) is 1.62. The lowest BCUT2D eigenvalue weighted by Crippen LogP contribution is -2.53. The van der Waals surface area contributed by atoms with E-state index < -0.39 is 0 Å². The zero-order valence-electron chi connectivity index (χ0n) is 8.55. The molecule has 1 heterocycles. The number of aliphatic hydroxyl groups excluding tert-OH is 1. The van der Waals surface area contributed by atoms with Crippen LogP contribution in [0.1, 0.15) is 45.4 Å². The Morgan fingerprint density at radius 2 is 2.31 bits per heavy atom. The molecule has 1 saturated carbocycles. The summed E-state index contributed by atoms with van der Waals surface area (Å²) in [6, 6.07) is 0.593. The molecule has 13 heavy (non-hydrogen) atoms. The van der Waals surface area contributed by atoms with Crippen molar-refractivity contribution in [3.8, 4) is 0 Å². The second-order valence-electron chi connectivity index (χ2n) is 4.75. The molecule has 0 aromatic rings. The van der Waals surface area contributed by atoms with E-state index in [2.05, 4.69) is 12.2 Å². The normalized spacial score (nSPS) is 45.7. The lowest BCUT2D eigenvalue weighted by atomic mass is 9.64. The summed E-state index contributed by atoms with van der Waals surface area (Å²) in [7, 11) is 0. The van der Waals surface area contributed by atoms with Crippen LogP contribution in [0.2, 0.25) is 0 Å². The quantitative estimate of drug-likeness (QED) is 0.648. The second-order valence-corrected chi connectivity index (χ2v) is 4.75. The number of hydrogen-bond donors (Lipinski definition) is 2. The molecule has 2 aliphatic rings. The molecule has 3 unspecified atom stereocenters. The van der Waals surface area contributed by atoms with E-state index in [1.807, 2.05) is 0 Å². The molecule has 0 radical (unpaired) electrons. The molecule has 1 saturated heterocycles. The zero-order chi connectivity index (χ0) is 9.31. The standard InChI is InChI=1S/C11H21NO/c1-2-11-5-3-7-12-10(11)8-9(13)4-6-11/h9-10,12-13H,2-8H2,1H3. The second kappa shape index (κ2) is 3.58. The Morgan fingerprint density at radius 3 is 3.08 bits per heavy atom. The summed E-state index contributed by atoms with van der Waals surface area (Å²) < 4.78 is 0. The number of rotatable bonds is 1. The van der Waals surface area contributed by atoms with Crippen molar-refractivity contribution in [2.75, 3.05) is 6.54 Å². The summed E-state index contributed by atoms with van der Waals surface area (Å²) in [5.74, 6) is 0. The maximum atomic E-state index is 9.62. The van der Waals surface area contributed by atoms with Gasteiger partial charge in [-0.3, -0.25) is 0 Å². The minimum atomic E-state index is -0.0460. The molecule has 1 aliphatic heterocycles. The minimum Gasteiger partial charge on any atom is -0.393 e. The van der Waals surface area contributed by atoms with Crippen LogP contribution in [-0.2, 0) is 0 Å². The highest BCUT2D eigenvalue weighted by Gasteiger charge is 2.42. The van der Waals surface area contributed by atoms with Gasteiger partial charge in [-0.25, -0.2) is 0 Å². The molecular formula is C11H21NO. The Balaban J connectivity index is 2.10. The molecule has 2 nitrogen and oxygen atoms in total. The summed E-state index contributed by atoms with van der Waals surface area (Å²) in [4.78, 5) is 0. The van der Waals surface area contributed by atoms with Crippen LogP contribution in [0.25, 0.3) is 0 Å². The van der Waals surface area contributed by atoms with Crippen molar-refractivity contribution in [3.05, 3.63) is 0 Å². The Kier molecular flexibility index (Phi) is 2.61. The Bertz CT molecular complexity index is 183. The van der Waals surface area contributed by atoms with Crippen LogP contribution in [0.4, 0.5) is 0 Å². The highest BCUT2D eigenvalue weighted by atomic mass is 16.3. The smallest absolute Gasteiger partial charge is 0.0555 e. The predicted octanol–water partition coefficient (Wildman–Crippen LogP) is 1.68. The van der Waals surface area contributed by atoms with E-state index in [9.17, 15) is 5.11 Å². The van der Waals surface area contributed by atoms with Crippen molar-refractivity contribution >= 4 is 0 Å². The monoisotopic (exact) mass is 183 g/mol. The van der Waals surface area contributed by atoms with Crippen LogP contribution in [0, 0.1) is 5.41 Å². The van der Waals surface area contributed by atoms with Crippen molar-refractivity contribution in [2.45, 2.75) is 57.6 Å². The number of hydrogen-bond acceptors (Lipinski definition) is 2. The lowest BCUT2D eigenvalue weighted by Gasteiger charge is -2.49. The molecule has 0 aromatic heterocycles. The molecule has 2 fully saturated rings. The van der Waals surface area contributed by atoms with Gasteiger partial charge in [0.25, 0.3) is 0 Å². The van der Waals surface area contributed by atoms with Gasteiger partial charge in [0.2, 0.25) is 0 Å². The first kappa shape index (κ1) is 9.47. The van der Waals surface area contributed by atoms with E-state index in [0.717, 1.165) is 19.4 Å². The van der Waals surface area contributed by atoms with E-state index in [4.69, 9.17) is 0 Å². The maximum Gasteiger partial charge on any atom is 0.0555 e. The average Bonchev–Trinajstić information content (AvgIpc) is 2.18. The highest BCUT2D eigenvalue weighted by molar-refractivity contribution is 4.98. The molecule has 0 aromatic carbocycles. The first-order chi connectivity index (χ1) is 6.27. The number of fused-ring (bicyclic) bond motifs is 1. The Hall–Kier alpha value is -0.0800. The number of piperidine rings is 1. The van der Waals surface area contributed by atoms with E-state index in [0.29, 0.717) is 11.5 Å². The molecule has 0 amide bonds. The largest absolute Gasteiger partial charge is 0.393 e. The van der Waals surface area contributed by atoms with Gasteiger partial charge in [0.05, 0.1) is 6.10 Å². The molecule has 2 N–H and O–H groups in total. The molecule has 0 spiro atoms. The lowest BCUT2D eigenvalue weighted by molar-refractivity contribution is 0.00657. The van der Waals surface area contributed by atoms with Crippen LogP contribution >= 0.6 is 0 Å². The molecule has 2 rings (SSSR count). The molecule has 1 aliphatic carbocycles. The number of aliphatic hydroxyl groups is 1. The van der Waals surface area contributed by atoms with Crippen molar-refractivity contribution in [1.82, 2.24) is 5.32 Å². The fourth-order valence-corrected chi connectivity index (χ4v) is 3.18. The van der Waals surface area contributed by atoms with E-state index >= 15 is 0 Å². The fourth-order valence-electron chi connectivity index (χ4n) is 3.18. The van der Waals surface area contributed by atoms with Gasteiger partial charge in [0.15, 0.2) is 0 Å². The average molecular weight is 183 g/mol. The summed E-state index contributed by atoms with van der Waals surface area (Å²) in [6.07, 6.45) is 7.14. The van der Waals surface area contributed by atoms with Gasteiger partial charge in [-0.1, -0.05) is 6.92 Å². The van der Waals surface area contributed by atoms with Gasteiger partial charge in [-0.15, -0.1) is 0 Å². The summed E-state index contributed by atoms with van der Waals surface area (Å²) in [5.41, 5.74) is 0.525. The van der Waals surface area contributed by atoms with E-state index in [1.54, 1.807) is 0 Å². The zero-order valence-corrected chi connectivity index (χ0v) is 8.55. The summed E-state index contributed by atoms with van der Waals surface area (Å²) in [5, 5.41) is 13.2. The van der Waals surface area contributed by atoms with Gasteiger partial charge in [-0.2, -0.15) is 0 Å². The maximum absolute atomic E-state index is 9.62. The van der Waals surface area contributed by atoms with Crippen LogP contribution < -0.4 is 5.32 Å². The van der Waals surface area contributed by atoms with Crippen molar-refractivity contribution in [2.24, 2.45) is 5.41 Å². The van der Waals surface area contributed by atoms with Gasteiger partial charge < -0.3 is 10.4 Å². The van der Waals surface area contributed by atoms with Crippen molar-refractivity contribution in [3.63, 3.8) is 0 Å². The molecule has 2 heteroatoms. The van der Waals surface area contributed by atoms with Gasteiger partial charge in [0, 0.05) is 6.04 Å². The van der Waals surface area contributed by atoms with Crippen LogP contribution in [0.15, 0.2) is 0 Å². The van der Waals surface area contributed by atoms with Crippen LogP contribution in [-0.4, -0.2) is 23.8 Å². The van der Waals surface area contributed by atoms with Crippen molar-refractivity contribution in [1.29, 1.82) is 0 Å². The van der Waals surface area contributed by atoms with Crippen molar-refractivity contribution < 1.29 is 5.11 Å². The molecular weight excluding hydrogens is 162 g/mol. The van der Waals surface area contributed by atoms with Gasteiger partial charge >= 0.3 is 0 Å². The fraction of sp³-hybridized carbons (Fsp3) is 1.00. The predicted molar refractivity (Wildman–Crippen MR) is 53.6 cm³/mol. The molecule has 76 valence electrons. The topological polar surface area (TPSA) is 32.3 Å². The Labute approximate surface area is 80.7 Å². The third-order valence-electron chi connectivity index (χ3n) is 4.17. The Morgan fingerprint density at radius 1 is 1.46 bits per heavy atom. The summed E-state index contributed by atoms with van der Waals surface area (Å²) >= 11 is 0.